The van der Waals surface area contributed by atoms with E-state index < -0.39 is 5.97 Å². The van der Waals surface area contributed by atoms with Crippen LogP contribution in [0.15, 0.2) is 47.1 Å². The average Bonchev–Trinajstić information content (AvgIpc) is 2.52. The fourth-order valence-electron chi connectivity index (χ4n) is 2.06. The number of benzene rings is 1. The zero-order chi connectivity index (χ0) is 16.8. The minimum Gasteiger partial charge on any atom is -0.477 e. The third-order valence-electron chi connectivity index (χ3n) is 3.03. The summed E-state index contributed by atoms with van der Waals surface area (Å²) in [4.78, 5) is 15.3. The molecule has 0 amide bonds. The minimum absolute atomic E-state index is 0.00994. The summed E-state index contributed by atoms with van der Waals surface area (Å²) in [6.45, 7) is 4.06. The van der Waals surface area contributed by atoms with Crippen LogP contribution in [0.1, 0.15) is 35.9 Å². The Morgan fingerprint density at radius 2 is 2.00 bits per heavy atom. The highest BCUT2D eigenvalue weighted by atomic mass is 79.9. The van der Waals surface area contributed by atoms with Gasteiger partial charge in [-0.05, 0) is 41.4 Å². The van der Waals surface area contributed by atoms with Crippen molar-refractivity contribution in [3.05, 3.63) is 58.2 Å². The lowest BCUT2D eigenvalue weighted by molar-refractivity contribution is -0.0200. The van der Waals surface area contributed by atoms with Crippen molar-refractivity contribution in [3.63, 3.8) is 0 Å². The van der Waals surface area contributed by atoms with Gasteiger partial charge < -0.3 is 14.6 Å². The molecule has 1 aromatic heterocycles. The first-order chi connectivity index (χ1) is 11.0. The smallest absolute Gasteiger partial charge is 0.341 e. The number of halogens is 1. The SMILES string of the molecule is CC(C)OC(COc1ncc(Br)cc1C(=O)O)c1ccccc1. The number of carboxylic acid groups (broad SMARTS) is 1. The molecule has 0 aliphatic heterocycles. The topological polar surface area (TPSA) is 68.7 Å². The number of nitrogens with zero attached hydrogens (tertiary/aromatic N) is 1. The second-order valence-corrected chi connectivity index (χ2v) is 6.12. The molecule has 1 unspecified atom stereocenters. The van der Waals surface area contributed by atoms with Gasteiger partial charge in [-0.2, -0.15) is 0 Å². The van der Waals surface area contributed by atoms with Gasteiger partial charge in [-0.1, -0.05) is 30.3 Å². The van der Waals surface area contributed by atoms with Gasteiger partial charge >= 0.3 is 5.97 Å². The lowest BCUT2D eigenvalue weighted by Crippen LogP contribution is -2.19. The third-order valence-corrected chi connectivity index (χ3v) is 3.46. The van der Waals surface area contributed by atoms with Crippen LogP contribution in [0.5, 0.6) is 5.88 Å². The highest BCUT2D eigenvalue weighted by molar-refractivity contribution is 9.10. The molecule has 6 heteroatoms. The number of aromatic nitrogens is 1. The molecule has 1 heterocycles. The molecule has 0 aliphatic rings. The zero-order valence-corrected chi connectivity index (χ0v) is 14.5. The van der Waals surface area contributed by atoms with Crippen LogP contribution >= 0.6 is 15.9 Å². The number of carboxylic acids is 1. The van der Waals surface area contributed by atoms with Gasteiger partial charge in [0, 0.05) is 10.7 Å². The largest absolute Gasteiger partial charge is 0.477 e. The van der Waals surface area contributed by atoms with E-state index in [1.54, 1.807) is 0 Å². The summed E-state index contributed by atoms with van der Waals surface area (Å²) in [6, 6.07) is 11.1. The normalized spacial score (nSPS) is 12.2. The van der Waals surface area contributed by atoms with E-state index in [-0.39, 0.29) is 30.3 Å². The Bertz CT molecular complexity index is 661. The van der Waals surface area contributed by atoms with Crippen molar-refractivity contribution in [2.75, 3.05) is 6.61 Å². The van der Waals surface area contributed by atoms with Crippen molar-refractivity contribution in [1.82, 2.24) is 4.98 Å². The molecular formula is C17H18BrNO4. The first kappa shape index (κ1) is 17.4. The quantitative estimate of drug-likeness (QED) is 0.784. The molecule has 0 fully saturated rings. The third kappa shape index (κ3) is 5.04. The first-order valence-corrected chi connectivity index (χ1v) is 7.98. The zero-order valence-electron chi connectivity index (χ0n) is 12.9. The van der Waals surface area contributed by atoms with Gasteiger partial charge in [0.05, 0.1) is 6.10 Å². The van der Waals surface area contributed by atoms with Crippen molar-refractivity contribution in [2.45, 2.75) is 26.1 Å². The van der Waals surface area contributed by atoms with E-state index in [2.05, 4.69) is 20.9 Å². The number of aromatic carboxylic acids is 1. The summed E-state index contributed by atoms with van der Waals surface area (Å²) in [7, 11) is 0. The fraction of sp³-hybridized carbons (Fsp3) is 0.294. The molecule has 122 valence electrons. The van der Waals surface area contributed by atoms with Crippen molar-refractivity contribution < 1.29 is 19.4 Å². The summed E-state index contributed by atoms with van der Waals surface area (Å²) in [6.07, 6.45) is 1.21. The Labute approximate surface area is 143 Å². The molecule has 1 atom stereocenters. The fourth-order valence-corrected chi connectivity index (χ4v) is 2.39. The minimum atomic E-state index is -1.09. The lowest BCUT2D eigenvalue weighted by Gasteiger charge is -2.21. The van der Waals surface area contributed by atoms with Crippen molar-refractivity contribution in [3.8, 4) is 5.88 Å². The molecule has 0 radical (unpaired) electrons. The van der Waals surface area contributed by atoms with Crippen molar-refractivity contribution in [1.29, 1.82) is 0 Å². The number of pyridine rings is 1. The monoisotopic (exact) mass is 379 g/mol. The van der Waals surface area contributed by atoms with Gasteiger partial charge in [0.15, 0.2) is 0 Å². The van der Waals surface area contributed by atoms with E-state index >= 15 is 0 Å². The Morgan fingerprint density at radius 3 is 2.61 bits per heavy atom. The maximum Gasteiger partial charge on any atom is 0.341 e. The number of hydrogen-bond donors (Lipinski definition) is 1. The Balaban J connectivity index is 2.17. The number of hydrogen-bond acceptors (Lipinski definition) is 4. The van der Waals surface area contributed by atoms with Crippen LogP contribution in [-0.4, -0.2) is 28.8 Å². The van der Waals surface area contributed by atoms with E-state index in [0.717, 1.165) is 5.56 Å². The Hall–Kier alpha value is -1.92. The van der Waals surface area contributed by atoms with Crippen molar-refractivity contribution in [2.24, 2.45) is 0 Å². The van der Waals surface area contributed by atoms with Gasteiger partial charge in [0.2, 0.25) is 5.88 Å². The highest BCUT2D eigenvalue weighted by Crippen LogP contribution is 2.24. The molecule has 1 N–H and O–H groups in total. The second kappa shape index (κ2) is 8.08. The standard InChI is InChI=1S/C17H18BrNO4/c1-11(2)23-15(12-6-4-3-5-7-12)10-22-16-14(17(20)21)8-13(18)9-19-16/h3-9,11,15H,10H2,1-2H3,(H,20,21). The molecular weight excluding hydrogens is 362 g/mol. The predicted octanol–water partition coefficient (Wildman–Crippen LogP) is 4.09. The summed E-state index contributed by atoms with van der Waals surface area (Å²) in [5.74, 6) is -1.01. The van der Waals surface area contributed by atoms with E-state index in [9.17, 15) is 9.90 Å². The van der Waals surface area contributed by atoms with Crippen LogP contribution in [0.2, 0.25) is 0 Å². The van der Waals surface area contributed by atoms with Gasteiger partial charge in [-0.25, -0.2) is 9.78 Å². The lowest BCUT2D eigenvalue weighted by atomic mass is 10.1. The van der Waals surface area contributed by atoms with Crippen LogP contribution in [0, 0.1) is 0 Å². The second-order valence-electron chi connectivity index (χ2n) is 5.21. The van der Waals surface area contributed by atoms with E-state index in [0.29, 0.717) is 4.47 Å². The first-order valence-electron chi connectivity index (χ1n) is 7.19. The summed E-state index contributed by atoms with van der Waals surface area (Å²) >= 11 is 3.21. The van der Waals surface area contributed by atoms with E-state index in [4.69, 9.17) is 9.47 Å². The summed E-state index contributed by atoms with van der Waals surface area (Å²) in [5.41, 5.74) is 0.978. The molecule has 0 saturated heterocycles. The molecule has 0 spiro atoms. The summed E-state index contributed by atoms with van der Waals surface area (Å²) < 4.78 is 12.1. The molecule has 0 bridgehead atoms. The Morgan fingerprint density at radius 1 is 1.30 bits per heavy atom. The van der Waals surface area contributed by atoms with Crippen LogP contribution in [0.4, 0.5) is 0 Å². The van der Waals surface area contributed by atoms with Crippen molar-refractivity contribution >= 4 is 21.9 Å². The van der Waals surface area contributed by atoms with Crippen LogP contribution in [0.3, 0.4) is 0 Å². The molecule has 23 heavy (non-hydrogen) atoms. The van der Waals surface area contributed by atoms with E-state index in [1.807, 2.05) is 44.2 Å². The van der Waals surface area contributed by atoms with Gasteiger partial charge in [-0.3, -0.25) is 0 Å². The molecule has 2 aromatic rings. The molecule has 0 aliphatic carbocycles. The van der Waals surface area contributed by atoms with Gasteiger partial charge in [0.25, 0.3) is 0 Å². The van der Waals surface area contributed by atoms with Gasteiger partial charge in [0.1, 0.15) is 18.3 Å². The van der Waals surface area contributed by atoms with Gasteiger partial charge in [-0.15, -0.1) is 0 Å². The highest BCUT2D eigenvalue weighted by Gasteiger charge is 2.18. The van der Waals surface area contributed by atoms with Crippen LogP contribution in [0.25, 0.3) is 0 Å². The molecule has 0 saturated carbocycles. The number of rotatable bonds is 7. The molecule has 1 aromatic carbocycles. The van der Waals surface area contributed by atoms with E-state index in [1.165, 1.54) is 12.3 Å². The maximum atomic E-state index is 11.3. The molecule has 2 rings (SSSR count). The maximum absolute atomic E-state index is 11.3. The molecule has 5 nitrogen and oxygen atoms in total. The van der Waals surface area contributed by atoms with Crippen LogP contribution < -0.4 is 4.74 Å². The predicted molar refractivity (Wildman–Crippen MR) is 89.8 cm³/mol. The van der Waals surface area contributed by atoms with Crippen LogP contribution in [-0.2, 0) is 4.74 Å². The number of ether oxygens (including phenoxy) is 2. The number of carbonyl (C=O) groups is 1. The Kier molecular flexibility index (Phi) is 6.12. The average molecular weight is 380 g/mol. The summed E-state index contributed by atoms with van der Waals surface area (Å²) in [5, 5.41) is 9.25.